The maximum atomic E-state index is 5.00. The van der Waals surface area contributed by atoms with E-state index in [-0.39, 0.29) is 0 Å². The van der Waals surface area contributed by atoms with Crippen LogP contribution in [0.15, 0.2) is 115 Å². The lowest BCUT2D eigenvalue weighted by Crippen LogP contribution is -2.00. The predicted molar refractivity (Wildman–Crippen MR) is 135 cm³/mol. The van der Waals surface area contributed by atoms with Crippen LogP contribution in [-0.4, -0.2) is 5.71 Å². The topological polar surface area (TPSA) is 12.4 Å². The number of para-hydroxylation sites is 1. The largest absolute Gasteiger partial charge is 0.253 e. The van der Waals surface area contributed by atoms with Crippen LogP contribution in [0.3, 0.4) is 0 Å². The van der Waals surface area contributed by atoms with Gasteiger partial charge < -0.3 is 0 Å². The minimum atomic E-state index is 0.860. The fraction of sp³-hybridized carbons (Fsp3) is 0.100. The summed E-state index contributed by atoms with van der Waals surface area (Å²) < 4.78 is 0. The van der Waals surface area contributed by atoms with E-state index in [1.165, 1.54) is 22.3 Å². The summed E-state index contributed by atoms with van der Waals surface area (Å²) in [5, 5.41) is 0. The van der Waals surface area contributed by atoms with E-state index >= 15 is 0 Å². The quantitative estimate of drug-likeness (QED) is 0.392. The van der Waals surface area contributed by atoms with E-state index in [4.69, 9.17) is 4.99 Å². The molecule has 1 aliphatic rings. The Kier molecular flexibility index (Phi) is 5.95. The third-order valence-corrected chi connectivity index (χ3v) is 5.54. The van der Waals surface area contributed by atoms with Gasteiger partial charge in [-0.15, -0.1) is 0 Å². The molecule has 1 aliphatic heterocycles. The zero-order valence-corrected chi connectivity index (χ0v) is 18.2. The second-order valence-electron chi connectivity index (χ2n) is 8.01. The van der Waals surface area contributed by atoms with Crippen molar-refractivity contribution in [2.24, 2.45) is 4.99 Å². The number of hydrogen-bond donors (Lipinski definition) is 0. The molecule has 0 N–H and O–H groups in total. The molecule has 0 spiro atoms. The van der Waals surface area contributed by atoms with E-state index in [9.17, 15) is 0 Å². The number of hydrogen-bond acceptors (Lipinski definition) is 1. The Hall–Kier alpha value is -3.71. The lowest BCUT2D eigenvalue weighted by atomic mass is 9.89. The standard InChI is InChI=1S/C30H27N/c1-21(2)11-5-6-12-22(3)24-17-18-27-23(4)31-30-16-10-8-14-26(30)19-25-13-7-9-15-28(25)29(27)20-24/h5-18,20H,1,3,19H2,2,4H3/b11-5+,12-6-,31-23?. The molecule has 152 valence electrons. The third kappa shape index (κ3) is 4.57. The summed E-state index contributed by atoms with van der Waals surface area (Å²) in [4.78, 5) is 5.00. The highest BCUT2D eigenvalue weighted by molar-refractivity contribution is 6.06. The molecular formula is C30H27N. The van der Waals surface area contributed by atoms with Gasteiger partial charge in [0.1, 0.15) is 0 Å². The minimum Gasteiger partial charge on any atom is -0.253 e. The molecule has 0 bridgehead atoms. The molecule has 4 rings (SSSR count). The SMILES string of the molecule is C=C(C)/C=C/C=C\C(=C)c1ccc2c(c1)-c1ccccc1Cc1ccccc1N=C2C. The molecule has 0 unspecified atom stereocenters. The van der Waals surface area contributed by atoms with E-state index in [1.54, 1.807) is 0 Å². The summed E-state index contributed by atoms with van der Waals surface area (Å²) in [7, 11) is 0. The van der Waals surface area contributed by atoms with Crippen molar-refractivity contribution >= 4 is 17.0 Å². The predicted octanol–water partition coefficient (Wildman–Crippen LogP) is 8.10. The van der Waals surface area contributed by atoms with Gasteiger partial charge in [-0.05, 0) is 59.4 Å². The van der Waals surface area contributed by atoms with Gasteiger partial charge in [-0.25, -0.2) is 0 Å². The Morgan fingerprint density at radius 1 is 0.806 bits per heavy atom. The maximum absolute atomic E-state index is 5.00. The molecule has 0 atom stereocenters. The van der Waals surface area contributed by atoms with Gasteiger partial charge in [-0.2, -0.15) is 0 Å². The van der Waals surface area contributed by atoms with Crippen LogP contribution in [-0.2, 0) is 6.42 Å². The van der Waals surface area contributed by atoms with Crippen LogP contribution in [0.4, 0.5) is 5.69 Å². The number of rotatable bonds is 4. The highest BCUT2D eigenvalue weighted by atomic mass is 14.7. The zero-order valence-electron chi connectivity index (χ0n) is 18.2. The lowest BCUT2D eigenvalue weighted by Gasteiger charge is -2.15. The molecule has 1 heterocycles. The Balaban J connectivity index is 1.83. The van der Waals surface area contributed by atoms with Crippen molar-refractivity contribution in [3.05, 3.63) is 132 Å². The van der Waals surface area contributed by atoms with E-state index in [0.717, 1.165) is 40.1 Å². The minimum absolute atomic E-state index is 0.860. The van der Waals surface area contributed by atoms with Crippen LogP contribution in [0.25, 0.3) is 16.7 Å². The lowest BCUT2D eigenvalue weighted by molar-refractivity contribution is 1.19. The van der Waals surface area contributed by atoms with Gasteiger partial charge in [0.2, 0.25) is 0 Å². The van der Waals surface area contributed by atoms with Gasteiger partial charge in [-0.1, -0.05) is 97.6 Å². The molecule has 3 aromatic rings. The van der Waals surface area contributed by atoms with Crippen LogP contribution in [0.1, 0.15) is 36.1 Å². The van der Waals surface area contributed by atoms with Crippen molar-refractivity contribution in [2.75, 3.05) is 0 Å². The number of benzene rings is 3. The van der Waals surface area contributed by atoms with Gasteiger partial charge in [0.15, 0.2) is 0 Å². The van der Waals surface area contributed by atoms with Crippen molar-refractivity contribution in [1.82, 2.24) is 0 Å². The average Bonchev–Trinajstić information content (AvgIpc) is 2.82. The first kappa shape index (κ1) is 20.6. The molecule has 31 heavy (non-hydrogen) atoms. The summed E-state index contributed by atoms with van der Waals surface area (Å²) in [5.74, 6) is 0. The molecule has 0 aromatic heterocycles. The molecule has 0 fully saturated rings. The van der Waals surface area contributed by atoms with Crippen LogP contribution in [0.5, 0.6) is 0 Å². The normalized spacial score (nSPS) is 12.9. The molecular weight excluding hydrogens is 374 g/mol. The second-order valence-corrected chi connectivity index (χ2v) is 8.01. The second kappa shape index (κ2) is 8.97. The first-order chi connectivity index (χ1) is 15.0. The van der Waals surface area contributed by atoms with Crippen LogP contribution in [0.2, 0.25) is 0 Å². The van der Waals surface area contributed by atoms with E-state index in [0.29, 0.717) is 0 Å². The summed E-state index contributed by atoms with van der Waals surface area (Å²) in [5.41, 5.74) is 11.4. The average molecular weight is 402 g/mol. The van der Waals surface area contributed by atoms with E-state index in [2.05, 4.69) is 86.8 Å². The fourth-order valence-electron chi connectivity index (χ4n) is 3.92. The number of nitrogens with zero attached hydrogens (tertiary/aromatic N) is 1. The van der Waals surface area contributed by atoms with Gasteiger partial charge in [0.25, 0.3) is 0 Å². The number of aliphatic imine (C=N–C) groups is 1. The molecule has 0 aliphatic carbocycles. The number of fused-ring (bicyclic) bond motifs is 4. The Morgan fingerprint density at radius 2 is 1.52 bits per heavy atom. The van der Waals surface area contributed by atoms with Gasteiger partial charge in [0.05, 0.1) is 5.69 Å². The first-order valence-corrected chi connectivity index (χ1v) is 10.6. The molecule has 1 heteroatoms. The van der Waals surface area contributed by atoms with E-state index in [1.807, 2.05) is 31.2 Å². The van der Waals surface area contributed by atoms with Crippen LogP contribution in [0, 0.1) is 0 Å². The smallest absolute Gasteiger partial charge is 0.0668 e. The van der Waals surface area contributed by atoms with Crippen LogP contribution >= 0.6 is 0 Å². The fourth-order valence-corrected chi connectivity index (χ4v) is 3.92. The monoisotopic (exact) mass is 401 g/mol. The third-order valence-electron chi connectivity index (χ3n) is 5.54. The molecule has 0 saturated heterocycles. The molecule has 0 amide bonds. The van der Waals surface area contributed by atoms with E-state index < -0.39 is 0 Å². The molecule has 0 radical (unpaired) electrons. The van der Waals surface area contributed by atoms with Crippen molar-refractivity contribution in [2.45, 2.75) is 20.3 Å². The van der Waals surface area contributed by atoms with Gasteiger partial charge in [-0.3, -0.25) is 4.99 Å². The molecule has 1 nitrogen and oxygen atoms in total. The molecule has 0 saturated carbocycles. The van der Waals surface area contributed by atoms with Crippen molar-refractivity contribution < 1.29 is 0 Å². The summed E-state index contributed by atoms with van der Waals surface area (Å²) in [6, 6.07) is 23.7. The maximum Gasteiger partial charge on any atom is 0.0668 e. The Morgan fingerprint density at radius 3 is 2.32 bits per heavy atom. The van der Waals surface area contributed by atoms with Gasteiger partial charge >= 0.3 is 0 Å². The zero-order chi connectivity index (χ0) is 21.8. The summed E-state index contributed by atoms with van der Waals surface area (Å²) in [6.07, 6.45) is 8.89. The van der Waals surface area contributed by atoms with Crippen molar-refractivity contribution in [3.63, 3.8) is 0 Å². The highest BCUT2D eigenvalue weighted by Gasteiger charge is 2.16. The van der Waals surface area contributed by atoms with Crippen molar-refractivity contribution in [1.29, 1.82) is 0 Å². The highest BCUT2D eigenvalue weighted by Crippen LogP contribution is 2.35. The van der Waals surface area contributed by atoms with Gasteiger partial charge in [0, 0.05) is 17.7 Å². The Labute approximate surface area is 185 Å². The summed E-state index contributed by atoms with van der Waals surface area (Å²) >= 11 is 0. The Bertz CT molecular complexity index is 1250. The molecule has 3 aromatic carbocycles. The van der Waals surface area contributed by atoms with Crippen LogP contribution < -0.4 is 0 Å². The summed E-state index contributed by atoms with van der Waals surface area (Å²) in [6.45, 7) is 12.3. The first-order valence-electron chi connectivity index (χ1n) is 10.6. The number of allylic oxidation sites excluding steroid dienone is 6. The van der Waals surface area contributed by atoms with Crippen molar-refractivity contribution in [3.8, 4) is 11.1 Å².